The lowest BCUT2D eigenvalue weighted by Crippen LogP contribution is -2.03. The molecule has 0 amide bonds. The summed E-state index contributed by atoms with van der Waals surface area (Å²) in [5.41, 5.74) is 1.04. The van der Waals surface area contributed by atoms with Crippen LogP contribution in [0.25, 0.3) is 0 Å². The molecule has 1 rings (SSSR count). The molecule has 0 saturated heterocycles. The Hall–Kier alpha value is -0.550. The van der Waals surface area contributed by atoms with Crippen LogP contribution < -0.4 is 0 Å². The van der Waals surface area contributed by atoms with Gasteiger partial charge in [-0.2, -0.15) is 0 Å². The number of hydrogen-bond donors (Lipinski definition) is 0. The Morgan fingerprint density at radius 2 is 1.78 bits per heavy atom. The predicted molar refractivity (Wildman–Crippen MR) is 75.0 cm³/mol. The summed E-state index contributed by atoms with van der Waals surface area (Å²) in [6, 6.07) is 8.29. The highest BCUT2D eigenvalue weighted by Crippen LogP contribution is 2.23. The molecule has 0 heterocycles. The molecule has 0 aromatic heterocycles. The number of thioether (sulfide) groups is 1. The van der Waals surface area contributed by atoms with E-state index in [4.69, 9.17) is 14.2 Å². The Morgan fingerprint density at radius 3 is 2.33 bits per heavy atom. The minimum Gasteiger partial charge on any atom is -0.382 e. The van der Waals surface area contributed by atoms with Gasteiger partial charge >= 0.3 is 0 Å². The van der Waals surface area contributed by atoms with E-state index in [-0.39, 0.29) is 6.29 Å². The lowest BCUT2D eigenvalue weighted by atomic mass is 10.2. The van der Waals surface area contributed by atoms with E-state index in [1.54, 1.807) is 14.2 Å². The van der Waals surface area contributed by atoms with Gasteiger partial charge in [0.25, 0.3) is 0 Å². The highest BCUT2D eigenvalue weighted by molar-refractivity contribution is 7.99. The molecule has 0 radical (unpaired) electrons. The first-order valence-corrected chi connectivity index (χ1v) is 7.16. The van der Waals surface area contributed by atoms with Gasteiger partial charge in [-0.15, -0.1) is 11.8 Å². The zero-order valence-electron chi connectivity index (χ0n) is 11.3. The van der Waals surface area contributed by atoms with E-state index in [0.29, 0.717) is 0 Å². The summed E-state index contributed by atoms with van der Waals surface area (Å²) in [4.78, 5) is 1.27. The van der Waals surface area contributed by atoms with Gasteiger partial charge in [-0.1, -0.05) is 12.1 Å². The molecular formula is C14H22O3S. The Bertz CT molecular complexity index is 309. The monoisotopic (exact) mass is 270 g/mol. The van der Waals surface area contributed by atoms with Gasteiger partial charge in [-0.3, -0.25) is 0 Å². The fraction of sp³-hybridized carbons (Fsp3) is 0.571. The van der Waals surface area contributed by atoms with Crippen molar-refractivity contribution in [1.29, 1.82) is 0 Å². The highest BCUT2D eigenvalue weighted by Gasteiger charge is 2.07. The quantitative estimate of drug-likeness (QED) is 0.390. The predicted octanol–water partition coefficient (Wildman–Crippen LogP) is 3.50. The largest absolute Gasteiger partial charge is 0.382 e. The van der Waals surface area contributed by atoms with Gasteiger partial charge in [0.05, 0.1) is 0 Å². The average molecular weight is 270 g/mol. The second-order valence-electron chi connectivity index (χ2n) is 3.77. The third kappa shape index (κ3) is 5.40. The SMILES string of the molecule is CCOCCCSc1ccc(C(OC)OC)cc1. The Labute approximate surface area is 114 Å². The maximum absolute atomic E-state index is 5.30. The number of rotatable bonds is 9. The molecule has 0 saturated carbocycles. The van der Waals surface area contributed by atoms with Gasteiger partial charge in [-0.05, 0) is 25.5 Å². The van der Waals surface area contributed by atoms with Crippen molar-refractivity contribution in [1.82, 2.24) is 0 Å². The Morgan fingerprint density at radius 1 is 1.11 bits per heavy atom. The van der Waals surface area contributed by atoms with Gasteiger partial charge in [0, 0.05) is 43.6 Å². The molecule has 102 valence electrons. The summed E-state index contributed by atoms with van der Waals surface area (Å²) < 4.78 is 15.7. The summed E-state index contributed by atoms with van der Waals surface area (Å²) in [5, 5.41) is 0. The normalized spacial score (nSPS) is 11.1. The summed E-state index contributed by atoms with van der Waals surface area (Å²) in [6.07, 6.45) is 0.806. The van der Waals surface area contributed by atoms with E-state index in [1.165, 1.54) is 4.90 Å². The van der Waals surface area contributed by atoms with E-state index in [9.17, 15) is 0 Å². The maximum Gasteiger partial charge on any atom is 0.183 e. The van der Waals surface area contributed by atoms with Crippen LogP contribution in [0.4, 0.5) is 0 Å². The highest BCUT2D eigenvalue weighted by atomic mass is 32.2. The van der Waals surface area contributed by atoms with Crippen LogP contribution in [0.2, 0.25) is 0 Å². The molecule has 0 aliphatic rings. The van der Waals surface area contributed by atoms with Gasteiger partial charge < -0.3 is 14.2 Å². The summed E-state index contributed by atoms with van der Waals surface area (Å²) in [5.74, 6) is 1.08. The van der Waals surface area contributed by atoms with Crippen LogP contribution >= 0.6 is 11.8 Å². The lowest BCUT2D eigenvalue weighted by molar-refractivity contribution is -0.106. The van der Waals surface area contributed by atoms with Crippen LogP contribution in [0.1, 0.15) is 25.2 Å². The number of benzene rings is 1. The third-order valence-corrected chi connectivity index (χ3v) is 3.58. The van der Waals surface area contributed by atoms with Crippen LogP contribution in [0.15, 0.2) is 29.2 Å². The van der Waals surface area contributed by atoms with E-state index < -0.39 is 0 Å². The fourth-order valence-corrected chi connectivity index (χ4v) is 2.41. The van der Waals surface area contributed by atoms with Crippen LogP contribution in [-0.4, -0.2) is 33.2 Å². The molecule has 0 spiro atoms. The van der Waals surface area contributed by atoms with Crippen LogP contribution in [0.3, 0.4) is 0 Å². The summed E-state index contributed by atoms with van der Waals surface area (Å²) in [6.45, 7) is 3.67. The zero-order valence-corrected chi connectivity index (χ0v) is 12.2. The van der Waals surface area contributed by atoms with E-state index in [0.717, 1.165) is 31.0 Å². The van der Waals surface area contributed by atoms with Crippen molar-refractivity contribution in [2.45, 2.75) is 24.5 Å². The minimum atomic E-state index is -0.276. The van der Waals surface area contributed by atoms with Crippen LogP contribution in [0.5, 0.6) is 0 Å². The second kappa shape index (κ2) is 9.39. The number of hydrogen-bond acceptors (Lipinski definition) is 4. The molecule has 0 unspecified atom stereocenters. The van der Waals surface area contributed by atoms with Crippen molar-refractivity contribution in [3.63, 3.8) is 0 Å². The van der Waals surface area contributed by atoms with Crippen molar-refractivity contribution in [3.05, 3.63) is 29.8 Å². The number of ether oxygens (including phenoxy) is 3. The van der Waals surface area contributed by atoms with Crippen molar-refractivity contribution >= 4 is 11.8 Å². The summed E-state index contributed by atoms with van der Waals surface area (Å²) >= 11 is 1.84. The maximum atomic E-state index is 5.30. The Balaban J connectivity index is 2.35. The zero-order chi connectivity index (χ0) is 13.2. The smallest absolute Gasteiger partial charge is 0.183 e. The minimum absolute atomic E-state index is 0.276. The summed E-state index contributed by atoms with van der Waals surface area (Å²) in [7, 11) is 3.29. The first-order valence-electron chi connectivity index (χ1n) is 6.18. The molecule has 3 nitrogen and oxygen atoms in total. The lowest BCUT2D eigenvalue weighted by Gasteiger charge is -2.13. The average Bonchev–Trinajstić information content (AvgIpc) is 2.41. The molecule has 4 heteroatoms. The first kappa shape index (κ1) is 15.5. The van der Waals surface area contributed by atoms with Gasteiger partial charge in [-0.25, -0.2) is 0 Å². The molecular weight excluding hydrogens is 248 g/mol. The van der Waals surface area contributed by atoms with Gasteiger partial charge in [0.2, 0.25) is 0 Å². The van der Waals surface area contributed by atoms with Crippen molar-refractivity contribution < 1.29 is 14.2 Å². The second-order valence-corrected chi connectivity index (χ2v) is 4.94. The topological polar surface area (TPSA) is 27.7 Å². The van der Waals surface area contributed by atoms with Crippen LogP contribution in [-0.2, 0) is 14.2 Å². The molecule has 0 bridgehead atoms. The van der Waals surface area contributed by atoms with E-state index in [2.05, 4.69) is 12.1 Å². The number of methoxy groups -OCH3 is 2. The molecule has 0 atom stereocenters. The molecule has 0 fully saturated rings. The molecule has 0 N–H and O–H groups in total. The molecule has 1 aromatic carbocycles. The molecule has 1 aromatic rings. The van der Waals surface area contributed by atoms with Crippen molar-refractivity contribution in [2.24, 2.45) is 0 Å². The van der Waals surface area contributed by atoms with E-state index in [1.807, 2.05) is 30.8 Å². The van der Waals surface area contributed by atoms with E-state index >= 15 is 0 Å². The van der Waals surface area contributed by atoms with Gasteiger partial charge in [0.1, 0.15) is 0 Å². The molecule has 0 aliphatic carbocycles. The van der Waals surface area contributed by atoms with Crippen molar-refractivity contribution in [3.8, 4) is 0 Å². The van der Waals surface area contributed by atoms with Crippen LogP contribution in [0, 0.1) is 0 Å². The fourth-order valence-electron chi connectivity index (χ4n) is 1.58. The third-order valence-electron chi connectivity index (χ3n) is 2.49. The van der Waals surface area contributed by atoms with Gasteiger partial charge in [0.15, 0.2) is 6.29 Å². The first-order chi connectivity index (χ1) is 8.81. The molecule has 18 heavy (non-hydrogen) atoms. The van der Waals surface area contributed by atoms with Crippen molar-refractivity contribution in [2.75, 3.05) is 33.2 Å². The Kier molecular flexibility index (Phi) is 8.09. The molecule has 0 aliphatic heterocycles. The standard InChI is InChI=1S/C14H22O3S/c1-4-17-10-5-11-18-13-8-6-12(7-9-13)14(15-2)16-3/h6-9,14H,4-5,10-11H2,1-3H3.